The average molecular weight is 227 g/mol. The maximum absolute atomic E-state index is 13.3. The number of halogens is 2. The highest BCUT2D eigenvalue weighted by Crippen LogP contribution is 2.40. The first-order valence-corrected chi connectivity index (χ1v) is 5.43. The number of rotatable bonds is 2. The highest BCUT2D eigenvalue weighted by molar-refractivity contribution is 5.34. The van der Waals surface area contributed by atoms with Crippen LogP contribution in [0.3, 0.4) is 0 Å². The van der Waals surface area contributed by atoms with Crippen molar-refractivity contribution in [3.8, 4) is 5.75 Å². The lowest BCUT2D eigenvalue weighted by molar-refractivity contribution is 0.0295. The number of phenols is 1. The van der Waals surface area contributed by atoms with E-state index in [1.807, 2.05) is 0 Å². The topological polar surface area (TPSA) is 32.3 Å². The van der Waals surface area contributed by atoms with E-state index in [0.29, 0.717) is 31.5 Å². The maximum atomic E-state index is 13.3. The second-order valence-electron chi connectivity index (χ2n) is 4.26. The van der Waals surface area contributed by atoms with Gasteiger partial charge in [-0.1, -0.05) is 12.1 Å². The summed E-state index contributed by atoms with van der Waals surface area (Å²) in [5, 5.41) is 12.5. The van der Waals surface area contributed by atoms with Gasteiger partial charge in [0.15, 0.2) is 0 Å². The molecule has 1 aromatic carbocycles. The second kappa shape index (κ2) is 4.37. The van der Waals surface area contributed by atoms with Gasteiger partial charge in [-0.05, 0) is 43.6 Å². The number of phenolic OH excluding ortho intramolecular Hbond substituents is 1. The third-order valence-corrected chi connectivity index (χ3v) is 3.33. The summed E-state index contributed by atoms with van der Waals surface area (Å²) in [5.74, 6) is 0.0519. The molecule has 0 saturated carbocycles. The quantitative estimate of drug-likeness (QED) is 0.812. The molecule has 0 aromatic heterocycles. The smallest absolute Gasteiger partial charge is 0.248 e. The molecule has 2 N–H and O–H groups in total. The summed E-state index contributed by atoms with van der Waals surface area (Å²) >= 11 is 0. The average Bonchev–Trinajstić information content (AvgIpc) is 2.30. The number of hydrogen-bond donors (Lipinski definition) is 2. The molecule has 1 aliphatic heterocycles. The van der Waals surface area contributed by atoms with Crippen molar-refractivity contribution in [2.45, 2.75) is 24.7 Å². The molecule has 16 heavy (non-hydrogen) atoms. The van der Waals surface area contributed by atoms with Gasteiger partial charge in [-0.25, -0.2) is 8.78 Å². The zero-order chi connectivity index (χ0) is 11.6. The highest BCUT2D eigenvalue weighted by Gasteiger charge is 2.42. The third-order valence-electron chi connectivity index (χ3n) is 3.33. The summed E-state index contributed by atoms with van der Waals surface area (Å²) in [6.07, 6.45) is -1.57. The number of benzene rings is 1. The minimum atomic E-state index is -2.39. The van der Waals surface area contributed by atoms with Crippen LogP contribution in [0, 0.1) is 0 Å². The summed E-state index contributed by atoms with van der Waals surface area (Å²) in [4.78, 5) is 0. The standard InChI is InChI=1S/C12H15F2NO/c13-11(14)12(4-6-15-7-5-12)9-2-1-3-10(16)8-9/h1-3,8,11,15-16H,4-7H2. The minimum Gasteiger partial charge on any atom is -0.508 e. The molecule has 0 aliphatic carbocycles. The zero-order valence-corrected chi connectivity index (χ0v) is 8.92. The highest BCUT2D eigenvalue weighted by atomic mass is 19.3. The Kier molecular flexibility index (Phi) is 3.10. The van der Waals surface area contributed by atoms with Gasteiger partial charge in [-0.2, -0.15) is 0 Å². The molecule has 0 unspecified atom stereocenters. The zero-order valence-electron chi connectivity index (χ0n) is 8.92. The largest absolute Gasteiger partial charge is 0.508 e. The van der Waals surface area contributed by atoms with E-state index in [4.69, 9.17) is 0 Å². The monoisotopic (exact) mass is 227 g/mol. The number of piperidine rings is 1. The Hall–Kier alpha value is -1.16. The van der Waals surface area contributed by atoms with E-state index < -0.39 is 11.8 Å². The minimum absolute atomic E-state index is 0.0519. The van der Waals surface area contributed by atoms with Gasteiger partial charge in [0, 0.05) is 0 Å². The van der Waals surface area contributed by atoms with Gasteiger partial charge in [0.25, 0.3) is 0 Å². The SMILES string of the molecule is Oc1cccc(C2(C(F)F)CCNCC2)c1. The fourth-order valence-corrected chi connectivity index (χ4v) is 2.32. The lowest BCUT2D eigenvalue weighted by Gasteiger charge is -2.37. The van der Waals surface area contributed by atoms with Crippen LogP contribution in [-0.4, -0.2) is 24.6 Å². The molecule has 1 aliphatic rings. The Morgan fingerprint density at radius 3 is 2.50 bits per heavy atom. The predicted molar refractivity (Wildman–Crippen MR) is 57.9 cm³/mol. The number of aromatic hydroxyl groups is 1. The van der Waals surface area contributed by atoms with Crippen LogP contribution in [0.25, 0.3) is 0 Å². The first-order valence-electron chi connectivity index (χ1n) is 5.43. The van der Waals surface area contributed by atoms with Crippen LogP contribution in [-0.2, 0) is 5.41 Å². The van der Waals surface area contributed by atoms with Crippen molar-refractivity contribution >= 4 is 0 Å². The lowest BCUT2D eigenvalue weighted by Crippen LogP contribution is -2.44. The Labute approximate surface area is 93.3 Å². The van der Waals surface area contributed by atoms with Crippen molar-refractivity contribution < 1.29 is 13.9 Å². The Morgan fingerprint density at radius 2 is 1.94 bits per heavy atom. The first-order chi connectivity index (χ1) is 7.65. The maximum Gasteiger partial charge on any atom is 0.248 e. The number of nitrogens with one attached hydrogen (secondary N) is 1. The van der Waals surface area contributed by atoms with Gasteiger partial charge in [0.1, 0.15) is 5.75 Å². The van der Waals surface area contributed by atoms with Gasteiger partial charge in [-0.3, -0.25) is 0 Å². The van der Waals surface area contributed by atoms with E-state index >= 15 is 0 Å². The Morgan fingerprint density at radius 1 is 1.25 bits per heavy atom. The summed E-state index contributed by atoms with van der Waals surface area (Å²) < 4.78 is 26.6. The molecule has 0 radical (unpaired) electrons. The molecule has 1 heterocycles. The van der Waals surface area contributed by atoms with Crippen LogP contribution in [0.4, 0.5) is 8.78 Å². The summed E-state index contributed by atoms with van der Waals surface area (Å²) in [6.45, 7) is 1.19. The van der Waals surface area contributed by atoms with Crippen LogP contribution < -0.4 is 5.32 Å². The van der Waals surface area contributed by atoms with Crippen molar-refractivity contribution in [3.05, 3.63) is 29.8 Å². The fraction of sp³-hybridized carbons (Fsp3) is 0.500. The lowest BCUT2D eigenvalue weighted by atomic mass is 9.73. The number of alkyl halides is 2. The van der Waals surface area contributed by atoms with Gasteiger partial charge in [-0.15, -0.1) is 0 Å². The number of hydrogen-bond acceptors (Lipinski definition) is 2. The van der Waals surface area contributed by atoms with Gasteiger partial charge < -0.3 is 10.4 Å². The molecule has 0 amide bonds. The second-order valence-corrected chi connectivity index (χ2v) is 4.26. The van der Waals surface area contributed by atoms with Crippen molar-refractivity contribution in [2.24, 2.45) is 0 Å². The molecule has 1 saturated heterocycles. The van der Waals surface area contributed by atoms with E-state index in [2.05, 4.69) is 5.32 Å². The van der Waals surface area contributed by atoms with Crippen LogP contribution in [0.1, 0.15) is 18.4 Å². The fourth-order valence-electron chi connectivity index (χ4n) is 2.32. The molecule has 88 valence electrons. The summed E-state index contributed by atoms with van der Waals surface area (Å²) in [5.41, 5.74) is -0.548. The van der Waals surface area contributed by atoms with E-state index in [1.165, 1.54) is 12.1 Å². The Balaban J connectivity index is 2.38. The Bertz CT molecular complexity index is 362. The van der Waals surface area contributed by atoms with Gasteiger partial charge in [0.2, 0.25) is 6.43 Å². The van der Waals surface area contributed by atoms with E-state index in [1.54, 1.807) is 12.1 Å². The molecular weight excluding hydrogens is 212 g/mol. The van der Waals surface area contributed by atoms with E-state index in [-0.39, 0.29) is 5.75 Å². The summed E-state index contributed by atoms with van der Waals surface area (Å²) in [6, 6.07) is 6.26. The molecule has 0 atom stereocenters. The van der Waals surface area contributed by atoms with Crippen molar-refractivity contribution in [1.82, 2.24) is 5.32 Å². The molecule has 2 rings (SSSR count). The summed E-state index contributed by atoms with van der Waals surface area (Å²) in [7, 11) is 0. The molecule has 0 spiro atoms. The third kappa shape index (κ3) is 1.89. The normalized spacial score (nSPS) is 19.9. The molecule has 4 heteroatoms. The predicted octanol–water partition coefficient (Wildman–Crippen LogP) is 2.28. The van der Waals surface area contributed by atoms with Crippen LogP contribution >= 0.6 is 0 Å². The molecule has 2 nitrogen and oxygen atoms in total. The molecule has 1 fully saturated rings. The van der Waals surface area contributed by atoms with Crippen molar-refractivity contribution in [2.75, 3.05) is 13.1 Å². The van der Waals surface area contributed by atoms with Crippen molar-refractivity contribution in [3.63, 3.8) is 0 Å². The van der Waals surface area contributed by atoms with Crippen molar-refractivity contribution in [1.29, 1.82) is 0 Å². The van der Waals surface area contributed by atoms with Gasteiger partial charge in [0.05, 0.1) is 5.41 Å². The van der Waals surface area contributed by atoms with E-state index in [9.17, 15) is 13.9 Å². The molecule has 1 aromatic rings. The van der Waals surface area contributed by atoms with Crippen LogP contribution in [0.2, 0.25) is 0 Å². The first kappa shape index (κ1) is 11.3. The molecular formula is C12H15F2NO. The van der Waals surface area contributed by atoms with Crippen LogP contribution in [0.15, 0.2) is 24.3 Å². The molecule has 0 bridgehead atoms. The van der Waals surface area contributed by atoms with Gasteiger partial charge >= 0.3 is 0 Å². The van der Waals surface area contributed by atoms with Crippen LogP contribution in [0.5, 0.6) is 5.75 Å². The van der Waals surface area contributed by atoms with E-state index in [0.717, 1.165) is 0 Å².